The topological polar surface area (TPSA) is 79.5 Å². The van der Waals surface area contributed by atoms with Crippen LogP contribution in [-0.2, 0) is 14.3 Å². The van der Waals surface area contributed by atoms with Crippen LogP contribution in [0, 0.1) is 5.92 Å². The molecule has 6 nitrogen and oxygen atoms in total. The summed E-state index contributed by atoms with van der Waals surface area (Å²) in [7, 11) is 0. The van der Waals surface area contributed by atoms with Gasteiger partial charge in [-0.2, -0.15) is 0 Å². The summed E-state index contributed by atoms with van der Waals surface area (Å²) < 4.78 is 5.37. The van der Waals surface area contributed by atoms with Gasteiger partial charge in [0.25, 0.3) is 0 Å². The van der Waals surface area contributed by atoms with Crippen molar-refractivity contribution in [1.82, 2.24) is 16.0 Å². The summed E-state index contributed by atoms with van der Waals surface area (Å²) in [4.78, 5) is 24.0. The lowest BCUT2D eigenvalue weighted by Crippen LogP contribution is -2.51. The number of amides is 2. The molecule has 1 rings (SSSR count). The fraction of sp³-hybridized carbons (Fsp3) is 0.857. The summed E-state index contributed by atoms with van der Waals surface area (Å²) in [5.41, 5.74) is 0. The van der Waals surface area contributed by atoms with E-state index in [0.29, 0.717) is 13.2 Å². The SMILES string of the molecule is CCCNC1COCC1C(=O)NC(C)C(=O)NC(C)C. The van der Waals surface area contributed by atoms with Crippen LogP contribution in [0.2, 0.25) is 0 Å². The van der Waals surface area contributed by atoms with Gasteiger partial charge in [0.1, 0.15) is 6.04 Å². The molecule has 1 saturated heterocycles. The van der Waals surface area contributed by atoms with E-state index in [-0.39, 0.29) is 29.8 Å². The first-order valence-corrected chi connectivity index (χ1v) is 7.37. The maximum absolute atomic E-state index is 12.2. The van der Waals surface area contributed by atoms with Crippen molar-refractivity contribution in [3.05, 3.63) is 0 Å². The van der Waals surface area contributed by atoms with Crippen molar-refractivity contribution in [3.8, 4) is 0 Å². The second-order valence-electron chi connectivity index (χ2n) is 5.60. The van der Waals surface area contributed by atoms with Crippen molar-refractivity contribution < 1.29 is 14.3 Å². The highest BCUT2D eigenvalue weighted by Crippen LogP contribution is 2.14. The Hall–Kier alpha value is -1.14. The number of nitrogens with one attached hydrogen (secondary N) is 3. The first-order chi connectivity index (χ1) is 9.45. The van der Waals surface area contributed by atoms with E-state index in [0.717, 1.165) is 13.0 Å². The summed E-state index contributed by atoms with van der Waals surface area (Å²) in [5, 5.41) is 8.86. The molecule has 0 radical (unpaired) electrons. The van der Waals surface area contributed by atoms with Crippen molar-refractivity contribution in [2.24, 2.45) is 5.92 Å². The van der Waals surface area contributed by atoms with Crippen molar-refractivity contribution in [3.63, 3.8) is 0 Å². The van der Waals surface area contributed by atoms with Crippen molar-refractivity contribution in [2.75, 3.05) is 19.8 Å². The molecule has 20 heavy (non-hydrogen) atoms. The summed E-state index contributed by atoms with van der Waals surface area (Å²) >= 11 is 0. The van der Waals surface area contributed by atoms with Crippen LogP contribution in [0.25, 0.3) is 0 Å². The zero-order valence-electron chi connectivity index (χ0n) is 12.9. The van der Waals surface area contributed by atoms with Gasteiger partial charge < -0.3 is 20.7 Å². The highest BCUT2D eigenvalue weighted by Gasteiger charge is 2.34. The van der Waals surface area contributed by atoms with Gasteiger partial charge in [0.2, 0.25) is 11.8 Å². The van der Waals surface area contributed by atoms with E-state index in [1.807, 2.05) is 13.8 Å². The molecule has 1 fully saturated rings. The molecular formula is C14H27N3O3. The molecule has 0 aromatic heterocycles. The third kappa shape index (κ3) is 5.09. The Bertz CT molecular complexity index is 334. The minimum atomic E-state index is -0.530. The van der Waals surface area contributed by atoms with Gasteiger partial charge in [-0.25, -0.2) is 0 Å². The molecule has 1 aliphatic rings. The van der Waals surface area contributed by atoms with E-state index < -0.39 is 6.04 Å². The molecule has 3 atom stereocenters. The molecule has 6 heteroatoms. The van der Waals surface area contributed by atoms with Crippen LogP contribution in [-0.4, -0.2) is 49.7 Å². The predicted molar refractivity (Wildman–Crippen MR) is 77.3 cm³/mol. The van der Waals surface area contributed by atoms with E-state index in [4.69, 9.17) is 4.74 Å². The number of carbonyl (C=O) groups excluding carboxylic acids is 2. The molecule has 2 amide bonds. The van der Waals surface area contributed by atoms with Crippen LogP contribution < -0.4 is 16.0 Å². The average molecular weight is 285 g/mol. The van der Waals surface area contributed by atoms with Gasteiger partial charge in [-0.3, -0.25) is 9.59 Å². The predicted octanol–water partition coefficient (Wildman–Crippen LogP) is 0.0303. The summed E-state index contributed by atoms with van der Waals surface area (Å²) in [6, 6.07) is -0.428. The number of hydrogen-bond acceptors (Lipinski definition) is 4. The van der Waals surface area contributed by atoms with Gasteiger partial charge in [-0.1, -0.05) is 6.92 Å². The van der Waals surface area contributed by atoms with Crippen LogP contribution in [0.4, 0.5) is 0 Å². The van der Waals surface area contributed by atoms with Gasteiger partial charge in [-0.05, 0) is 33.7 Å². The molecule has 0 aromatic carbocycles. The molecule has 3 unspecified atom stereocenters. The smallest absolute Gasteiger partial charge is 0.242 e. The van der Waals surface area contributed by atoms with Gasteiger partial charge in [-0.15, -0.1) is 0 Å². The fourth-order valence-corrected chi connectivity index (χ4v) is 2.14. The van der Waals surface area contributed by atoms with Gasteiger partial charge in [0.15, 0.2) is 0 Å². The van der Waals surface area contributed by atoms with Crippen LogP contribution in [0.5, 0.6) is 0 Å². The second kappa shape index (κ2) is 8.21. The van der Waals surface area contributed by atoms with Crippen molar-refractivity contribution in [1.29, 1.82) is 0 Å². The quantitative estimate of drug-likeness (QED) is 0.616. The fourth-order valence-electron chi connectivity index (χ4n) is 2.14. The Morgan fingerprint density at radius 3 is 2.50 bits per heavy atom. The monoisotopic (exact) mass is 285 g/mol. The second-order valence-corrected chi connectivity index (χ2v) is 5.60. The Labute approximate surface area is 121 Å². The zero-order valence-corrected chi connectivity index (χ0v) is 12.9. The molecule has 0 aliphatic carbocycles. The Morgan fingerprint density at radius 2 is 1.90 bits per heavy atom. The molecular weight excluding hydrogens is 258 g/mol. The van der Waals surface area contributed by atoms with Crippen molar-refractivity contribution >= 4 is 11.8 Å². The van der Waals surface area contributed by atoms with E-state index in [1.54, 1.807) is 6.92 Å². The number of hydrogen-bond donors (Lipinski definition) is 3. The summed E-state index contributed by atoms with van der Waals surface area (Å²) in [5.74, 6) is -0.510. The van der Waals surface area contributed by atoms with Crippen LogP contribution in [0.15, 0.2) is 0 Å². The maximum Gasteiger partial charge on any atom is 0.242 e. The van der Waals surface area contributed by atoms with Crippen LogP contribution in [0.1, 0.15) is 34.1 Å². The average Bonchev–Trinajstić information content (AvgIpc) is 2.83. The number of ether oxygens (including phenoxy) is 1. The largest absolute Gasteiger partial charge is 0.379 e. The molecule has 3 N–H and O–H groups in total. The lowest BCUT2D eigenvalue weighted by atomic mass is 10.0. The van der Waals surface area contributed by atoms with Gasteiger partial charge >= 0.3 is 0 Å². The number of rotatable bonds is 7. The highest BCUT2D eigenvalue weighted by atomic mass is 16.5. The standard InChI is InChI=1S/C14H27N3O3/c1-5-6-15-12-8-20-7-11(12)14(19)17-10(4)13(18)16-9(2)3/h9-12,15H,5-8H2,1-4H3,(H,16,18)(H,17,19). The van der Waals surface area contributed by atoms with E-state index in [2.05, 4.69) is 22.9 Å². The third-order valence-corrected chi connectivity index (χ3v) is 3.26. The van der Waals surface area contributed by atoms with Crippen LogP contribution in [0.3, 0.4) is 0 Å². The molecule has 0 saturated carbocycles. The minimum absolute atomic E-state index is 0.0373. The molecule has 0 aromatic rings. The first-order valence-electron chi connectivity index (χ1n) is 7.37. The highest BCUT2D eigenvalue weighted by molar-refractivity contribution is 5.88. The molecule has 1 aliphatic heterocycles. The normalized spacial score (nSPS) is 23.6. The molecule has 0 spiro atoms. The lowest BCUT2D eigenvalue weighted by Gasteiger charge is -2.21. The zero-order chi connectivity index (χ0) is 15.1. The maximum atomic E-state index is 12.2. The van der Waals surface area contributed by atoms with Gasteiger partial charge in [0, 0.05) is 12.1 Å². The van der Waals surface area contributed by atoms with E-state index >= 15 is 0 Å². The molecule has 116 valence electrons. The van der Waals surface area contributed by atoms with E-state index in [1.165, 1.54) is 0 Å². The lowest BCUT2D eigenvalue weighted by molar-refractivity contribution is -0.131. The van der Waals surface area contributed by atoms with Gasteiger partial charge in [0.05, 0.1) is 19.1 Å². The molecule has 0 bridgehead atoms. The Kier molecular flexibility index (Phi) is 6.95. The third-order valence-electron chi connectivity index (χ3n) is 3.26. The summed E-state index contributed by atoms with van der Waals surface area (Å²) in [6.07, 6.45) is 1.01. The Morgan fingerprint density at radius 1 is 1.20 bits per heavy atom. The number of carbonyl (C=O) groups is 2. The first kappa shape index (κ1) is 16.9. The van der Waals surface area contributed by atoms with Crippen LogP contribution >= 0.6 is 0 Å². The Balaban J connectivity index is 2.46. The summed E-state index contributed by atoms with van der Waals surface area (Å²) in [6.45, 7) is 9.37. The van der Waals surface area contributed by atoms with E-state index in [9.17, 15) is 9.59 Å². The minimum Gasteiger partial charge on any atom is -0.379 e. The molecule has 1 heterocycles. The van der Waals surface area contributed by atoms with Crippen molar-refractivity contribution in [2.45, 2.75) is 52.2 Å².